The van der Waals surface area contributed by atoms with Gasteiger partial charge in [-0.25, -0.2) is 4.79 Å². The lowest BCUT2D eigenvalue weighted by Crippen LogP contribution is -2.49. The standard InChI is InChI=1S/C20H31N3O4/c1-4-13-23(14-5-2)19(25)17(11-12-18(24)21-3)22-20(26)27-15-16-9-7-6-8-10-16/h6-10,17H,4-5,11-15H2,1-3H3,(H,21,24)(H,22,26). The summed E-state index contributed by atoms with van der Waals surface area (Å²) in [5.74, 6) is -0.357. The average molecular weight is 377 g/mol. The highest BCUT2D eigenvalue weighted by Gasteiger charge is 2.26. The Morgan fingerprint density at radius 1 is 1.07 bits per heavy atom. The van der Waals surface area contributed by atoms with Gasteiger partial charge in [-0.3, -0.25) is 9.59 Å². The zero-order valence-corrected chi connectivity index (χ0v) is 16.5. The van der Waals surface area contributed by atoms with Crippen LogP contribution in [0.15, 0.2) is 30.3 Å². The van der Waals surface area contributed by atoms with Gasteiger partial charge in [0, 0.05) is 26.6 Å². The second kappa shape index (κ2) is 12.7. The van der Waals surface area contributed by atoms with Crippen molar-refractivity contribution >= 4 is 17.9 Å². The summed E-state index contributed by atoms with van der Waals surface area (Å²) in [5.41, 5.74) is 0.861. The van der Waals surface area contributed by atoms with Gasteiger partial charge < -0.3 is 20.3 Å². The van der Waals surface area contributed by atoms with E-state index in [0.717, 1.165) is 18.4 Å². The third-order valence-electron chi connectivity index (χ3n) is 4.04. The third-order valence-corrected chi connectivity index (χ3v) is 4.04. The number of alkyl carbamates (subject to hydrolysis) is 1. The lowest BCUT2D eigenvalue weighted by Gasteiger charge is -2.27. The maximum atomic E-state index is 12.9. The lowest BCUT2D eigenvalue weighted by atomic mass is 10.1. The largest absolute Gasteiger partial charge is 0.445 e. The number of carbonyl (C=O) groups excluding carboxylic acids is 3. The van der Waals surface area contributed by atoms with Crippen LogP contribution in [0.1, 0.15) is 45.1 Å². The smallest absolute Gasteiger partial charge is 0.408 e. The molecule has 1 unspecified atom stereocenters. The van der Waals surface area contributed by atoms with Gasteiger partial charge in [0.1, 0.15) is 12.6 Å². The number of nitrogens with one attached hydrogen (secondary N) is 2. The molecule has 0 spiro atoms. The number of hydrogen-bond acceptors (Lipinski definition) is 4. The number of nitrogens with zero attached hydrogens (tertiary/aromatic N) is 1. The molecule has 0 heterocycles. The number of rotatable bonds is 11. The maximum Gasteiger partial charge on any atom is 0.408 e. The summed E-state index contributed by atoms with van der Waals surface area (Å²) in [6.45, 7) is 5.35. The predicted octanol–water partition coefficient (Wildman–Crippen LogP) is 2.46. The van der Waals surface area contributed by atoms with Gasteiger partial charge in [-0.05, 0) is 24.8 Å². The zero-order valence-electron chi connectivity index (χ0n) is 16.5. The van der Waals surface area contributed by atoms with Gasteiger partial charge in [-0.15, -0.1) is 0 Å². The fourth-order valence-corrected chi connectivity index (χ4v) is 2.66. The molecule has 0 aliphatic heterocycles. The summed E-state index contributed by atoms with van der Waals surface area (Å²) in [5, 5.41) is 5.16. The molecule has 0 saturated carbocycles. The van der Waals surface area contributed by atoms with E-state index in [9.17, 15) is 14.4 Å². The fraction of sp³-hybridized carbons (Fsp3) is 0.550. The monoisotopic (exact) mass is 377 g/mol. The molecule has 0 bridgehead atoms. The first-order chi connectivity index (χ1) is 13.0. The topological polar surface area (TPSA) is 87.7 Å². The minimum atomic E-state index is -0.788. The maximum absolute atomic E-state index is 12.9. The van der Waals surface area contributed by atoms with Crippen LogP contribution in [0.4, 0.5) is 4.79 Å². The Morgan fingerprint density at radius 3 is 2.26 bits per heavy atom. The van der Waals surface area contributed by atoms with E-state index in [1.165, 1.54) is 0 Å². The van der Waals surface area contributed by atoms with Crippen LogP contribution in [0, 0.1) is 0 Å². The van der Waals surface area contributed by atoms with Crippen LogP contribution >= 0.6 is 0 Å². The average Bonchev–Trinajstić information content (AvgIpc) is 2.69. The van der Waals surface area contributed by atoms with Crippen molar-refractivity contribution < 1.29 is 19.1 Å². The van der Waals surface area contributed by atoms with Gasteiger partial charge in [0.15, 0.2) is 0 Å². The molecular weight excluding hydrogens is 346 g/mol. The molecule has 1 rings (SSSR count). The fourth-order valence-electron chi connectivity index (χ4n) is 2.66. The van der Waals surface area contributed by atoms with Crippen LogP contribution in [-0.4, -0.2) is 49.0 Å². The van der Waals surface area contributed by atoms with Crippen molar-refractivity contribution in [3.63, 3.8) is 0 Å². The highest BCUT2D eigenvalue weighted by Crippen LogP contribution is 2.07. The van der Waals surface area contributed by atoms with Gasteiger partial charge in [0.2, 0.25) is 11.8 Å². The van der Waals surface area contributed by atoms with E-state index in [0.29, 0.717) is 13.1 Å². The number of amides is 3. The van der Waals surface area contributed by atoms with Gasteiger partial charge in [-0.2, -0.15) is 0 Å². The van der Waals surface area contributed by atoms with E-state index in [4.69, 9.17) is 4.74 Å². The van der Waals surface area contributed by atoms with Crippen molar-refractivity contribution in [1.82, 2.24) is 15.5 Å². The Balaban J connectivity index is 2.72. The van der Waals surface area contributed by atoms with Gasteiger partial charge >= 0.3 is 6.09 Å². The SMILES string of the molecule is CCCN(CCC)C(=O)C(CCC(=O)NC)NC(=O)OCc1ccccc1. The van der Waals surface area contributed by atoms with Crippen LogP contribution < -0.4 is 10.6 Å². The van der Waals surface area contributed by atoms with E-state index in [-0.39, 0.29) is 31.3 Å². The molecule has 150 valence electrons. The molecule has 1 aromatic rings. The minimum absolute atomic E-state index is 0.122. The van der Waals surface area contributed by atoms with Crippen molar-refractivity contribution in [2.24, 2.45) is 0 Å². The summed E-state index contributed by atoms with van der Waals surface area (Å²) in [7, 11) is 1.54. The van der Waals surface area contributed by atoms with Crippen molar-refractivity contribution in [2.75, 3.05) is 20.1 Å². The highest BCUT2D eigenvalue weighted by atomic mass is 16.5. The lowest BCUT2D eigenvalue weighted by molar-refractivity contribution is -0.133. The van der Waals surface area contributed by atoms with Crippen molar-refractivity contribution in [1.29, 1.82) is 0 Å². The van der Waals surface area contributed by atoms with Crippen LogP contribution in [0.25, 0.3) is 0 Å². The molecular formula is C20H31N3O4. The Kier molecular flexibility index (Phi) is 10.6. The molecule has 0 saturated heterocycles. The molecule has 7 nitrogen and oxygen atoms in total. The van der Waals surface area contributed by atoms with Crippen LogP contribution in [0.5, 0.6) is 0 Å². The number of benzene rings is 1. The summed E-state index contributed by atoms with van der Waals surface area (Å²) in [6.07, 6.45) is 1.36. The molecule has 0 aliphatic rings. The Labute approximate surface area is 161 Å². The Bertz CT molecular complexity index is 586. The minimum Gasteiger partial charge on any atom is -0.445 e. The van der Waals surface area contributed by atoms with Crippen LogP contribution in [0.3, 0.4) is 0 Å². The van der Waals surface area contributed by atoms with Gasteiger partial charge in [0.25, 0.3) is 0 Å². The summed E-state index contributed by atoms with van der Waals surface area (Å²) >= 11 is 0. The van der Waals surface area contributed by atoms with Crippen LogP contribution in [0.2, 0.25) is 0 Å². The quantitative estimate of drug-likeness (QED) is 0.620. The van der Waals surface area contributed by atoms with E-state index < -0.39 is 12.1 Å². The number of hydrogen-bond donors (Lipinski definition) is 2. The van der Waals surface area contributed by atoms with Crippen molar-refractivity contribution in [3.8, 4) is 0 Å². The molecule has 0 radical (unpaired) electrons. The van der Waals surface area contributed by atoms with E-state index in [1.54, 1.807) is 11.9 Å². The molecule has 27 heavy (non-hydrogen) atoms. The molecule has 1 aromatic carbocycles. The first kappa shape index (κ1) is 22.5. The van der Waals surface area contributed by atoms with E-state index in [2.05, 4.69) is 10.6 Å². The van der Waals surface area contributed by atoms with Gasteiger partial charge in [-0.1, -0.05) is 44.2 Å². The first-order valence-electron chi connectivity index (χ1n) is 9.48. The molecule has 1 atom stereocenters. The summed E-state index contributed by atoms with van der Waals surface area (Å²) < 4.78 is 5.22. The number of ether oxygens (including phenoxy) is 1. The second-order valence-electron chi connectivity index (χ2n) is 6.30. The molecule has 7 heteroatoms. The summed E-state index contributed by atoms with van der Waals surface area (Å²) in [4.78, 5) is 38.3. The molecule has 0 fully saturated rings. The van der Waals surface area contributed by atoms with E-state index >= 15 is 0 Å². The molecule has 0 aromatic heterocycles. The third kappa shape index (κ3) is 8.57. The Morgan fingerprint density at radius 2 is 1.70 bits per heavy atom. The van der Waals surface area contributed by atoms with Gasteiger partial charge in [0.05, 0.1) is 0 Å². The summed E-state index contributed by atoms with van der Waals surface area (Å²) in [6, 6.07) is 8.52. The zero-order chi connectivity index (χ0) is 20.1. The Hall–Kier alpha value is -2.57. The molecule has 0 aliphatic carbocycles. The van der Waals surface area contributed by atoms with Crippen molar-refractivity contribution in [3.05, 3.63) is 35.9 Å². The highest BCUT2D eigenvalue weighted by molar-refractivity contribution is 5.86. The molecule has 2 N–H and O–H groups in total. The normalized spacial score (nSPS) is 11.4. The van der Waals surface area contributed by atoms with E-state index in [1.807, 2.05) is 44.2 Å². The predicted molar refractivity (Wildman–Crippen MR) is 104 cm³/mol. The molecule has 3 amide bonds. The van der Waals surface area contributed by atoms with Crippen molar-refractivity contribution in [2.45, 2.75) is 52.2 Å². The second-order valence-corrected chi connectivity index (χ2v) is 6.30. The first-order valence-corrected chi connectivity index (χ1v) is 9.48. The van der Waals surface area contributed by atoms with Crippen LogP contribution in [-0.2, 0) is 20.9 Å². The number of carbonyl (C=O) groups is 3.